The summed E-state index contributed by atoms with van der Waals surface area (Å²) in [5.74, 6) is -1.12. The van der Waals surface area contributed by atoms with Gasteiger partial charge in [-0.1, -0.05) is 0 Å². The lowest BCUT2D eigenvalue weighted by atomic mass is 10.1. The Balaban J connectivity index is 1.31. The highest BCUT2D eigenvalue weighted by molar-refractivity contribution is 7.89. The summed E-state index contributed by atoms with van der Waals surface area (Å²) in [4.78, 5) is 25.8. The molecule has 0 bridgehead atoms. The van der Waals surface area contributed by atoms with E-state index in [1.807, 2.05) is 0 Å². The van der Waals surface area contributed by atoms with Crippen molar-refractivity contribution in [3.8, 4) is 17.2 Å². The topological polar surface area (TPSA) is 124 Å². The van der Waals surface area contributed by atoms with Crippen molar-refractivity contribution in [2.24, 2.45) is 0 Å². The number of aromatic nitrogens is 1. The third-order valence-electron chi connectivity index (χ3n) is 6.79. The maximum absolute atomic E-state index is 13.4. The number of hydrogen-bond acceptors (Lipinski definition) is 8. The van der Waals surface area contributed by atoms with Gasteiger partial charge in [0.05, 0.1) is 11.0 Å². The molecular weight excluding hydrogens is 531 g/mol. The predicted molar refractivity (Wildman–Crippen MR) is 136 cm³/mol. The molecule has 0 amide bonds. The molecule has 1 fully saturated rings. The molecule has 0 unspecified atom stereocenters. The number of β-amino-alcohol motifs (C(OH)–C–C–N with tert-alkyl or cyclic N) is 1. The van der Waals surface area contributed by atoms with Crippen molar-refractivity contribution in [1.82, 2.24) is 8.87 Å². The van der Waals surface area contributed by atoms with Crippen molar-refractivity contribution >= 4 is 21.8 Å². The zero-order valence-electron chi connectivity index (χ0n) is 21.3. The summed E-state index contributed by atoms with van der Waals surface area (Å²) in [6.45, 7) is 3.22. The molecular formula is C27H27FN2O8S. The number of esters is 1. The Bertz CT molecular complexity index is 1530. The number of rotatable bonds is 7. The molecule has 10 nitrogen and oxygen atoms in total. The summed E-state index contributed by atoms with van der Waals surface area (Å²) < 4.78 is 59.0. The summed E-state index contributed by atoms with van der Waals surface area (Å²) in [5, 5.41) is 10.2. The van der Waals surface area contributed by atoms with Crippen molar-refractivity contribution in [2.75, 3.05) is 26.4 Å². The molecule has 0 aliphatic carbocycles. The highest BCUT2D eigenvalue weighted by Gasteiger charge is 2.45. The summed E-state index contributed by atoms with van der Waals surface area (Å²) in [7, 11) is -4.21. The maximum atomic E-state index is 13.4. The van der Waals surface area contributed by atoms with Crippen LogP contribution in [-0.2, 0) is 19.6 Å². The van der Waals surface area contributed by atoms with Crippen LogP contribution in [0.2, 0.25) is 0 Å². The predicted octanol–water partition coefficient (Wildman–Crippen LogP) is 2.55. The SMILES string of the molecule is Cc1cc(C(=O)COC(=O)[C@@H]2C[C@@H](O)CN2S(=O)(=O)c2ccc3c(c2)OCCO3)c(C)n1-c1ccc(F)cc1. The quantitative estimate of drug-likeness (QED) is 0.347. The number of aryl methyl sites for hydroxylation is 1. The van der Waals surface area contributed by atoms with Crippen LogP contribution in [-0.4, -0.2) is 72.7 Å². The second-order valence-electron chi connectivity index (χ2n) is 9.41. The molecule has 2 aliphatic heterocycles. The molecule has 1 saturated heterocycles. The van der Waals surface area contributed by atoms with E-state index in [1.165, 1.54) is 30.3 Å². The summed E-state index contributed by atoms with van der Waals surface area (Å²) in [6.07, 6.45) is -1.25. The molecule has 1 N–H and O–H groups in total. The highest BCUT2D eigenvalue weighted by atomic mass is 32.2. The van der Waals surface area contributed by atoms with Gasteiger partial charge in [0, 0.05) is 41.7 Å². The average molecular weight is 559 g/mol. The highest BCUT2D eigenvalue weighted by Crippen LogP contribution is 2.35. The third kappa shape index (κ3) is 5.14. The van der Waals surface area contributed by atoms with Crippen LogP contribution in [0, 0.1) is 19.7 Å². The number of ether oxygens (including phenoxy) is 3. The van der Waals surface area contributed by atoms with Gasteiger partial charge in [-0.2, -0.15) is 4.31 Å². The molecule has 0 radical (unpaired) electrons. The van der Waals surface area contributed by atoms with Gasteiger partial charge in [-0.3, -0.25) is 9.59 Å². The van der Waals surface area contributed by atoms with Crippen molar-refractivity contribution in [3.63, 3.8) is 0 Å². The van der Waals surface area contributed by atoms with Gasteiger partial charge in [0.2, 0.25) is 15.8 Å². The second-order valence-corrected chi connectivity index (χ2v) is 11.3. The molecule has 3 aromatic rings. The Labute approximate surface area is 224 Å². The fourth-order valence-electron chi connectivity index (χ4n) is 4.93. The van der Waals surface area contributed by atoms with Crippen molar-refractivity contribution in [2.45, 2.75) is 37.3 Å². The third-order valence-corrected chi connectivity index (χ3v) is 8.66. The molecule has 0 saturated carbocycles. The van der Waals surface area contributed by atoms with E-state index in [0.29, 0.717) is 29.3 Å². The number of sulfonamides is 1. The van der Waals surface area contributed by atoms with Gasteiger partial charge in [0.25, 0.3) is 0 Å². The number of halogens is 1. The average Bonchev–Trinajstić information content (AvgIpc) is 3.46. The van der Waals surface area contributed by atoms with Crippen LogP contribution in [0.4, 0.5) is 4.39 Å². The number of aliphatic hydroxyl groups excluding tert-OH is 1. The van der Waals surface area contributed by atoms with Crippen LogP contribution < -0.4 is 9.47 Å². The van der Waals surface area contributed by atoms with Gasteiger partial charge in [0.1, 0.15) is 25.1 Å². The van der Waals surface area contributed by atoms with E-state index < -0.39 is 40.5 Å². The fourth-order valence-corrected chi connectivity index (χ4v) is 6.57. The van der Waals surface area contributed by atoms with E-state index in [0.717, 1.165) is 10.00 Å². The number of benzene rings is 2. The number of aliphatic hydroxyl groups is 1. The zero-order valence-corrected chi connectivity index (χ0v) is 22.1. The first-order valence-corrected chi connectivity index (χ1v) is 13.7. The molecule has 12 heteroatoms. The molecule has 2 aromatic carbocycles. The Morgan fingerprint density at radius 1 is 1.05 bits per heavy atom. The Kier molecular flexibility index (Phi) is 7.19. The molecule has 3 heterocycles. The second kappa shape index (κ2) is 10.4. The number of ketones is 1. The maximum Gasteiger partial charge on any atom is 0.325 e. The van der Waals surface area contributed by atoms with Crippen LogP contribution in [0.15, 0.2) is 53.4 Å². The molecule has 5 rings (SSSR count). The Morgan fingerprint density at radius 3 is 2.46 bits per heavy atom. The summed E-state index contributed by atoms with van der Waals surface area (Å²) in [5.41, 5.74) is 2.29. The smallest absolute Gasteiger partial charge is 0.325 e. The minimum atomic E-state index is -4.21. The largest absolute Gasteiger partial charge is 0.486 e. The lowest BCUT2D eigenvalue weighted by Gasteiger charge is -2.24. The van der Waals surface area contributed by atoms with Gasteiger partial charge < -0.3 is 23.9 Å². The van der Waals surface area contributed by atoms with Crippen molar-refractivity contribution < 1.29 is 41.7 Å². The standard InChI is InChI=1S/C27H27FN2O8S/c1-16-11-22(17(2)30(16)19-5-3-18(28)4-6-19)24(32)15-38-27(33)23-12-20(31)14-29(23)39(34,35)21-7-8-25-26(13-21)37-10-9-36-25/h3-8,11,13,20,23,31H,9-10,12,14-15H2,1-2H3/t20-,23+/m1/s1. The van der Waals surface area contributed by atoms with Crippen molar-refractivity contribution in [1.29, 1.82) is 0 Å². The Hall–Kier alpha value is -3.74. The molecule has 0 spiro atoms. The zero-order chi connectivity index (χ0) is 27.9. The Morgan fingerprint density at radius 2 is 1.74 bits per heavy atom. The molecule has 206 valence electrons. The summed E-state index contributed by atoms with van der Waals surface area (Å²) in [6, 6.07) is 10.3. The van der Waals surface area contributed by atoms with Crippen LogP contribution in [0.25, 0.3) is 5.69 Å². The van der Waals surface area contributed by atoms with E-state index in [1.54, 1.807) is 36.6 Å². The lowest BCUT2D eigenvalue weighted by Crippen LogP contribution is -2.42. The van der Waals surface area contributed by atoms with E-state index >= 15 is 0 Å². The van der Waals surface area contributed by atoms with Crippen LogP contribution in [0.1, 0.15) is 28.2 Å². The number of Topliss-reactive ketones (excluding diaryl/α,β-unsaturated/α-hetero) is 1. The molecule has 2 atom stereocenters. The number of hydrogen-bond donors (Lipinski definition) is 1. The lowest BCUT2D eigenvalue weighted by molar-refractivity contribution is -0.146. The minimum absolute atomic E-state index is 0.122. The fraction of sp³-hybridized carbons (Fsp3) is 0.333. The van der Waals surface area contributed by atoms with E-state index in [2.05, 4.69) is 0 Å². The van der Waals surface area contributed by atoms with E-state index in [4.69, 9.17) is 14.2 Å². The van der Waals surface area contributed by atoms with Gasteiger partial charge in [-0.05, 0) is 56.3 Å². The first-order valence-electron chi connectivity index (χ1n) is 12.3. The normalized spacial score (nSPS) is 19.2. The number of carbonyl (C=O) groups is 2. The number of fused-ring (bicyclic) bond motifs is 1. The van der Waals surface area contributed by atoms with Gasteiger partial charge in [0.15, 0.2) is 18.1 Å². The van der Waals surface area contributed by atoms with Gasteiger partial charge in [-0.15, -0.1) is 0 Å². The van der Waals surface area contributed by atoms with Crippen LogP contribution in [0.5, 0.6) is 11.5 Å². The number of carbonyl (C=O) groups excluding carboxylic acids is 2. The van der Waals surface area contributed by atoms with E-state index in [-0.39, 0.29) is 36.0 Å². The van der Waals surface area contributed by atoms with Crippen LogP contribution in [0.3, 0.4) is 0 Å². The summed E-state index contributed by atoms with van der Waals surface area (Å²) >= 11 is 0. The monoisotopic (exact) mass is 558 g/mol. The number of nitrogens with zero attached hydrogens (tertiary/aromatic N) is 2. The molecule has 1 aromatic heterocycles. The van der Waals surface area contributed by atoms with E-state index in [9.17, 15) is 27.5 Å². The van der Waals surface area contributed by atoms with Gasteiger partial charge >= 0.3 is 5.97 Å². The van der Waals surface area contributed by atoms with Crippen LogP contribution >= 0.6 is 0 Å². The molecule has 39 heavy (non-hydrogen) atoms. The first kappa shape index (κ1) is 26.9. The van der Waals surface area contributed by atoms with Crippen molar-refractivity contribution in [3.05, 3.63) is 71.3 Å². The first-order chi connectivity index (χ1) is 18.6. The molecule has 2 aliphatic rings. The minimum Gasteiger partial charge on any atom is -0.486 e. The van der Waals surface area contributed by atoms with Gasteiger partial charge in [-0.25, -0.2) is 12.8 Å².